The van der Waals surface area contributed by atoms with Gasteiger partial charge >= 0.3 is 6.18 Å². The summed E-state index contributed by atoms with van der Waals surface area (Å²) in [6.07, 6.45) is 2.78. The van der Waals surface area contributed by atoms with E-state index in [-0.39, 0.29) is 30.7 Å². The molecule has 3 fully saturated rings. The van der Waals surface area contributed by atoms with Crippen LogP contribution in [-0.2, 0) is 20.4 Å². The molecule has 0 bridgehead atoms. The van der Waals surface area contributed by atoms with E-state index in [0.29, 0.717) is 6.20 Å². The highest BCUT2D eigenvalue weighted by atomic mass is 19.4. The number of nitrogens with zero attached hydrogens (tertiary/aromatic N) is 3. The average molecular weight is 444 g/mol. The maximum absolute atomic E-state index is 13.0. The standard InChI is InChI=1S/C21H31F3N4O3/c1-20(2)30-18-14(26-17-11-25-10-16(27-17)21(22,23)24)13-29-15(19(18)31-20)12-28-8-6-4-3-5-7-9-28/h10-11,14-15,18-19H,3-9,12-13H2,1-2H3,(H,26,27)/t14-,15+,18+,19-/m0/s1. The lowest BCUT2D eigenvalue weighted by Crippen LogP contribution is -2.57. The highest BCUT2D eigenvalue weighted by Crippen LogP contribution is 2.37. The monoisotopic (exact) mass is 444 g/mol. The van der Waals surface area contributed by atoms with Crippen LogP contribution in [0.5, 0.6) is 0 Å². The van der Waals surface area contributed by atoms with Crippen LogP contribution in [0.15, 0.2) is 12.4 Å². The van der Waals surface area contributed by atoms with E-state index in [1.165, 1.54) is 38.3 Å². The second-order valence-electron chi connectivity index (χ2n) is 9.04. The maximum atomic E-state index is 13.0. The molecule has 0 unspecified atom stereocenters. The number of rotatable bonds is 4. The van der Waals surface area contributed by atoms with Crippen molar-refractivity contribution in [3.8, 4) is 0 Å². The van der Waals surface area contributed by atoms with E-state index in [1.54, 1.807) is 0 Å². The second-order valence-corrected chi connectivity index (χ2v) is 9.04. The molecular formula is C21H31F3N4O3. The predicted molar refractivity (Wildman–Crippen MR) is 108 cm³/mol. The van der Waals surface area contributed by atoms with Gasteiger partial charge in [-0.3, -0.25) is 4.98 Å². The number of nitrogens with one attached hydrogen (secondary N) is 1. The minimum atomic E-state index is -4.55. The lowest BCUT2D eigenvalue weighted by molar-refractivity contribution is -0.155. The summed E-state index contributed by atoms with van der Waals surface area (Å²) in [6, 6.07) is -0.395. The second kappa shape index (κ2) is 9.17. The van der Waals surface area contributed by atoms with Crippen LogP contribution in [0.3, 0.4) is 0 Å². The Hall–Kier alpha value is -1.49. The molecule has 4 heterocycles. The van der Waals surface area contributed by atoms with Crippen LogP contribution in [-0.4, -0.2) is 71.2 Å². The molecule has 0 amide bonds. The molecule has 7 nitrogen and oxygen atoms in total. The number of hydrogen-bond donors (Lipinski definition) is 1. The zero-order chi connectivity index (χ0) is 22.1. The molecule has 0 radical (unpaired) electrons. The highest BCUT2D eigenvalue weighted by Gasteiger charge is 2.52. The Balaban J connectivity index is 1.45. The molecule has 1 aromatic heterocycles. The predicted octanol–water partition coefficient (Wildman–Crippen LogP) is 3.46. The van der Waals surface area contributed by atoms with Crippen LogP contribution in [0, 0.1) is 0 Å². The number of ether oxygens (including phenoxy) is 3. The van der Waals surface area contributed by atoms with E-state index < -0.39 is 23.7 Å². The van der Waals surface area contributed by atoms with Crippen LogP contribution in [0.1, 0.15) is 51.6 Å². The highest BCUT2D eigenvalue weighted by molar-refractivity contribution is 5.35. The van der Waals surface area contributed by atoms with Crippen LogP contribution >= 0.6 is 0 Å². The van der Waals surface area contributed by atoms with Gasteiger partial charge in [0.25, 0.3) is 0 Å². The van der Waals surface area contributed by atoms with Crippen molar-refractivity contribution < 1.29 is 27.4 Å². The number of halogens is 3. The lowest BCUT2D eigenvalue weighted by atomic mass is 9.97. The average Bonchev–Trinajstić information content (AvgIpc) is 3.01. The molecule has 174 valence electrons. The molecule has 3 aliphatic heterocycles. The van der Waals surface area contributed by atoms with Crippen LogP contribution in [0.25, 0.3) is 0 Å². The quantitative estimate of drug-likeness (QED) is 0.763. The van der Waals surface area contributed by atoms with Gasteiger partial charge in [0.2, 0.25) is 0 Å². The summed E-state index contributed by atoms with van der Waals surface area (Å²) in [7, 11) is 0. The van der Waals surface area contributed by atoms with Gasteiger partial charge in [-0.1, -0.05) is 19.3 Å². The summed E-state index contributed by atoms with van der Waals surface area (Å²) in [5, 5.41) is 3.03. The van der Waals surface area contributed by atoms with Crippen LogP contribution < -0.4 is 5.32 Å². The molecule has 3 saturated heterocycles. The third-order valence-electron chi connectivity index (χ3n) is 6.06. The zero-order valence-corrected chi connectivity index (χ0v) is 18.0. The van der Waals surface area contributed by atoms with E-state index in [1.807, 2.05) is 13.8 Å². The fraction of sp³-hybridized carbons (Fsp3) is 0.810. The fourth-order valence-corrected chi connectivity index (χ4v) is 4.63. The van der Waals surface area contributed by atoms with Gasteiger partial charge in [0, 0.05) is 6.54 Å². The molecular weight excluding hydrogens is 413 g/mol. The summed E-state index contributed by atoms with van der Waals surface area (Å²) in [5.74, 6) is -0.755. The van der Waals surface area contributed by atoms with Crippen LogP contribution in [0.4, 0.5) is 19.0 Å². The van der Waals surface area contributed by atoms with Gasteiger partial charge < -0.3 is 24.4 Å². The van der Waals surface area contributed by atoms with Crippen molar-refractivity contribution in [2.24, 2.45) is 0 Å². The number of alkyl halides is 3. The Labute approximate surface area is 180 Å². The summed E-state index contributed by atoms with van der Waals surface area (Å²) in [4.78, 5) is 9.77. The summed E-state index contributed by atoms with van der Waals surface area (Å²) in [6.45, 7) is 6.83. The minimum Gasteiger partial charge on any atom is -0.372 e. The normalized spacial score (nSPS) is 32.2. The Morgan fingerprint density at radius 1 is 1.06 bits per heavy atom. The molecule has 0 saturated carbocycles. The summed E-state index contributed by atoms with van der Waals surface area (Å²) < 4.78 is 57.4. The van der Waals surface area contributed by atoms with Crippen molar-refractivity contribution in [2.75, 3.05) is 31.6 Å². The van der Waals surface area contributed by atoms with Crippen molar-refractivity contribution >= 4 is 5.82 Å². The van der Waals surface area contributed by atoms with Crippen molar-refractivity contribution in [1.82, 2.24) is 14.9 Å². The molecule has 0 spiro atoms. The van der Waals surface area contributed by atoms with Gasteiger partial charge in [0.1, 0.15) is 18.0 Å². The van der Waals surface area contributed by atoms with E-state index in [4.69, 9.17) is 14.2 Å². The molecule has 4 atom stereocenters. The molecule has 1 aromatic rings. The van der Waals surface area contributed by atoms with Gasteiger partial charge in [-0.25, -0.2) is 4.98 Å². The fourth-order valence-electron chi connectivity index (χ4n) is 4.63. The first-order chi connectivity index (χ1) is 14.7. The van der Waals surface area contributed by atoms with E-state index in [2.05, 4.69) is 20.2 Å². The molecule has 3 aliphatic rings. The molecule has 0 aromatic carbocycles. The molecule has 10 heteroatoms. The molecule has 1 N–H and O–H groups in total. The number of fused-ring (bicyclic) bond motifs is 1. The van der Waals surface area contributed by atoms with E-state index in [9.17, 15) is 13.2 Å². The third-order valence-corrected chi connectivity index (χ3v) is 6.06. The Kier molecular flexibility index (Phi) is 6.71. The first-order valence-corrected chi connectivity index (χ1v) is 11.1. The minimum absolute atomic E-state index is 0.0395. The number of likely N-dealkylation sites (tertiary alicyclic amines) is 1. The van der Waals surface area contributed by atoms with Crippen molar-refractivity contribution in [2.45, 2.75) is 82.3 Å². The van der Waals surface area contributed by atoms with Gasteiger partial charge in [0.05, 0.1) is 31.1 Å². The van der Waals surface area contributed by atoms with Crippen LogP contribution in [0.2, 0.25) is 0 Å². The van der Waals surface area contributed by atoms with Gasteiger partial charge in [-0.2, -0.15) is 13.2 Å². The third kappa shape index (κ3) is 5.66. The Morgan fingerprint density at radius 3 is 2.45 bits per heavy atom. The van der Waals surface area contributed by atoms with Crippen molar-refractivity contribution in [3.63, 3.8) is 0 Å². The van der Waals surface area contributed by atoms with Crippen molar-refractivity contribution in [3.05, 3.63) is 18.1 Å². The van der Waals surface area contributed by atoms with E-state index >= 15 is 0 Å². The largest absolute Gasteiger partial charge is 0.434 e. The Bertz CT molecular complexity index is 741. The lowest BCUT2D eigenvalue weighted by Gasteiger charge is -2.39. The SMILES string of the molecule is CC1(C)O[C@@H]2[C@H](O1)[C@@H](Nc1cncc(C(F)(F)F)n1)CO[C@@H]2CN1CCCCCCC1. The van der Waals surface area contributed by atoms with Gasteiger partial charge in [-0.05, 0) is 39.8 Å². The number of anilines is 1. The Morgan fingerprint density at radius 2 is 1.74 bits per heavy atom. The number of hydrogen-bond acceptors (Lipinski definition) is 7. The van der Waals surface area contributed by atoms with E-state index in [0.717, 1.165) is 19.6 Å². The number of aromatic nitrogens is 2. The summed E-state index contributed by atoms with van der Waals surface area (Å²) >= 11 is 0. The smallest absolute Gasteiger partial charge is 0.372 e. The maximum Gasteiger partial charge on any atom is 0.434 e. The zero-order valence-electron chi connectivity index (χ0n) is 18.0. The first kappa shape index (κ1) is 22.7. The molecule has 31 heavy (non-hydrogen) atoms. The first-order valence-electron chi connectivity index (χ1n) is 11.1. The topological polar surface area (TPSA) is 68.7 Å². The summed E-state index contributed by atoms with van der Waals surface area (Å²) in [5.41, 5.74) is -1.04. The van der Waals surface area contributed by atoms with Gasteiger partial charge in [-0.15, -0.1) is 0 Å². The van der Waals surface area contributed by atoms with Crippen molar-refractivity contribution in [1.29, 1.82) is 0 Å². The molecule has 4 rings (SSSR count). The molecule has 0 aliphatic carbocycles. The van der Waals surface area contributed by atoms with Gasteiger partial charge in [0.15, 0.2) is 11.5 Å².